The van der Waals surface area contributed by atoms with E-state index in [1.165, 1.54) is 6.07 Å². The van der Waals surface area contributed by atoms with E-state index in [9.17, 15) is 10.1 Å². The second kappa shape index (κ2) is 17.8. The van der Waals surface area contributed by atoms with Crippen LogP contribution in [0.1, 0.15) is 82.0 Å². The molecular formula is C48H50F4N10O4S. The van der Waals surface area contributed by atoms with Gasteiger partial charge in [0.05, 0.1) is 35.2 Å². The first kappa shape index (κ1) is 44.7. The van der Waals surface area contributed by atoms with E-state index in [1.54, 1.807) is 23.0 Å². The predicted octanol–water partition coefficient (Wildman–Crippen LogP) is 8.67. The summed E-state index contributed by atoms with van der Waals surface area (Å²) < 4.78 is 83.3. The number of nitrogens with two attached hydrogens (primary N) is 1. The number of carbonyl (C=O) groups is 1. The van der Waals surface area contributed by atoms with E-state index >= 15 is 17.6 Å². The summed E-state index contributed by atoms with van der Waals surface area (Å²) in [5.74, 6) is -0.723. The first-order valence-electron chi connectivity index (χ1n) is 22.8. The van der Waals surface area contributed by atoms with E-state index in [4.69, 9.17) is 29.9 Å². The molecule has 2 bridgehead atoms. The highest BCUT2D eigenvalue weighted by Gasteiger charge is 2.41. The number of hydrogen-bond donors (Lipinski definition) is 2. The molecule has 3 aromatic heterocycles. The van der Waals surface area contributed by atoms with Gasteiger partial charge in [-0.3, -0.25) is 4.79 Å². The Hall–Kier alpha value is -6.10. The number of piperazine rings is 1. The number of fused-ring (bicyclic) bond motifs is 4. The quantitative estimate of drug-likeness (QED) is 0.119. The van der Waals surface area contributed by atoms with Gasteiger partial charge in [0, 0.05) is 72.5 Å². The van der Waals surface area contributed by atoms with Crippen molar-refractivity contribution in [1.82, 2.24) is 35.2 Å². The van der Waals surface area contributed by atoms with Crippen LogP contribution in [0.25, 0.3) is 43.4 Å². The molecule has 3 aromatic carbocycles. The number of likely N-dealkylation sites (tertiary alicyclic amines) is 1. The van der Waals surface area contributed by atoms with Crippen LogP contribution in [0.5, 0.6) is 11.8 Å². The molecule has 7 heterocycles. The topological polar surface area (TPSA) is 170 Å². The molecule has 0 spiro atoms. The van der Waals surface area contributed by atoms with Crippen molar-refractivity contribution in [2.24, 2.45) is 5.92 Å². The molecule has 4 fully saturated rings. The zero-order valence-electron chi connectivity index (χ0n) is 37.3. The Morgan fingerprint density at radius 1 is 1.06 bits per heavy atom. The molecule has 0 aliphatic carbocycles. The highest BCUT2D eigenvalue weighted by Crippen LogP contribution is 2.52. The number of carbonyl (C=O) groups excluding carboxylic acids is 1. The van der Waals surface area contributed by atoms with Crippen LogP contribution >= 0.6 is 11.3 Å². The van der Waals surface area contributed by atoms with Crippen molar-refractivity contribution < 1.29 is 36.6 Å². The third kappa shape index (κ3) is 8.48. The molecule has 14 nitrogen and oxygen atoms in total. The minimum absolute atomic E-state index is 0.0119. The van der Waals surface area contributed by atoms with Crippen molar-refractivity contribution in [3.8, 4) is 40.2 Å². The zero-order chi connectivity index (χ0) is 46.7. The summed E-state index contributed by atoms with van der Waals surface area (Å²) in [5, 5.41) is 22.7. The fourth-order valence-corrected chi connectivity index (χ4v) is 11.1. The molecule has 4 saturated heterocycles. The molecule has 4 aliphatic heterocycles. The number of ether oxygens (including phenoxy) is 3. The molecular weight excluding hydrogens is 889 g/mol. The zero-order valence-corrected chi connectivity index (χ0v) is 38.1. The SMILES string of the molecule is CC(C)C(C(=O)N1CCCC1C)n1cc(-c2ccc(COc3c(-c4ccc(F)c5sc(N)c(C#N)c45)c(C(F)(F)F)cc4c(N5CC6CCC(C5)N6)nc(OC5CCOCC5)nc34)cc2)nn1. The normalized spacial score (nSPS) is 20.6. The Morgan fingerprint density at radius 3 is 2.48 bits per heavy atom. The van der Waals surface area contributed by atoms with E-state index in [1.807, 2.05) is 41.8 Å². The number of halogens is 4. The van der Waals surface area contributed by atoms with Gasteiger partial charge < -0.3 is 35.1 Å². The van der Waals surface area contributed by atoms with Gasteiger partial charge in [-0.1, -0.05) is 49.4 Å². The van der Waals surface area contributed by atoms with Crippen LogP contribution in [0, 0.1) is 23.1 Å². The molecule has 0 radical (unpaired) electrons. The van der Waals surface area contributed by atoms with Crippen LogP contribution in [0.3, 0.4) is 0 Å². The Bertz CT molecular complexity index is 2880. The lowest BCUT2D eigenvalue weighted by Crippen LogP contribution is -2.51. The number of aromatic nitrogens is 5. The molecule has 67 heavy (non-hydrogen) atoms. The molecule has 4 aliphatic rings. The number of rotatable bonds is 11. The van der Waals surface area contributed by atoms with E-state index < -0.39 is 29.2 Å². The largest absolute Gasteiger partial charge is 0.486 e. The fraction of sp³-hybridized carbons (Fsp3) is 0.458. The summed E-state index contributed by atoms with van der Waals surface area (Å²) in [6.07, 6.45) is 1.38. The van der Waals surface area contributed by atoms with Crippen molar-refractivity contribution in [1.29, 1.82) is 5.26 Å². The number of anilines is 2. The van der Waals surface area contributed by atoms with Crippen molar-refractivity contribution in [2.45, 2.75) is 102 Å². The highest BCUT2D eigenvalue weighted by molar-refractivity contribution is 7.23. The molecule has 4 unspecified atom stereocenters. The number of thiophene rings is 1. The van der Waals surface area contributed by atoms with Gasteiger partial charge in [-0.15, -0.1) is 16.4 Å². The van der Waals surface area contributed by atoms with E-state index in [-0.39, 0.29) is 97.4 Å². The van der Waals surface area contributed by atoms with Gasteiger partial charge >= 0.3 is 12.2 Å². The summed E-state index contributed by atoms with van der Waals surface area (Å²) in [5.41, 5.74) is 6.40. The molecule has 3 N–H and O–H groups in total. The molecule has 350 valence electrons. The van der Waals surface area contributed by atoms with Crippen LogP contribution in [0.15, 0.2) is 48.7 Å². The highest BCUT2D eigenvalue weighted by atomic mass is 32.1. The van der Waals surface area contributed by atoms with Gasteiger partial charge in [0.25, 0.3) is 0 Å². The summed E-state index contributed by atoms with van der Waals surface area (Å²) in [7, 11) is 0. The van der Waals surface area contributed by atoms with Gasteiger partial charge in [-0.2, -0.15) is 28.4 Å². The van der Waals surface area contributed by atoms with E-state index in [0.29, 0.717) is 62.5 Å². The number of nitrogens with zero attached hydrogens (tertiary/aromatic N) is 8. The fourth-order valence-electron chi connectivity index (χ4n) is 10.2. The van der Waals surface area contributed by atoms with Gasteiger partial charge in [0.1, 0.15) is 52.7 Å². The Kier molecular flexibility index (Phi) is 11.9. The van der Waals surface area contributed by atoms with Gasteiger partial charge in [-0.05, 0) is 61.8 Å². The van der Waals surface area contributed by atoms with E-state index in [0.717, 1.165) is 49.2 Å². The lowest BCUT2D eigenvalue weighted by molar-refractivity contribution is -0.137. The summed E-state index contributed by atoms with van der Waals surface area (Å²) in [6, 6.07) is 12.4. The second-order valence-corrected chi connectivity index (χ2v) is 19.4. The van der Waals surface area contributed by atoms with Crippen LogP contribution in [0.4, 0.5) is 28.4 Å². The summed E-state index contributed by atoms with van der Waals surface area (Å²) in [4.78, 5) is 27.3. The lowest BCUT2D eigenvalue weighted by atomic mass is 9.92. The molecule has 1 amide bonds. The first-order valence-corrected chi connectivity index (χ1v) is 23.6. The third-order valence-electron chi connectivity index (χ3n) is 13.5. The van der Waals surface area contributed by atoms with Gasteiger partial charge in [0.2, 0.25) is 5.91 Å². The minimum Gasteiger partial charge on any atom is -0.486 e. The number of amides is 1. The van der Waals surface area contributed by atoms with Crippen molar-refractivity contribution >= 4 is 49.1 Å². The monoisotopic (exact) mass is 938 g/mol. The van der Waals surface area contributed by atoms with Crippen LogP contribution in [0.2, 0.25) is 0 Å². The minimum atomic E-state index is -4.97. The van der Waals surface area contributed by atoms with Gasteiger partial charge in [-0.25, -0.2) is 9.07 Å². The molecule has 19 heteroatoms. The van der Waals surface area contributed by atoms with Crippen molar-refractivity contribution in [2.75, 3.05) is 43.5 Å². The molecule has 0 saturated carbocycles. The standard InChI is InChI=1S/C48H50F4N10O4S/c1-25(2)41(46(63)61-16-4-5-26(61)3)62-23-37(58-59-62)28-8-6-27(7-9-28)24-65-42-39(32-12-13-36(49)43-38(32)34(20-53)44(54)67-43)35(48(50,51)52)19-33-40(42)56-47(66-31-14-17-64-18-15-31)57-45(33)60-21-29-10-11-30(22-60)55-29/h6-9,12-13,19,23,25-26,29-31,41,55H,4-5,10-11,14-18,21-22,24,54H2,1-3H3. The summed E-state index contributed by atoms with van der Waals surface area (Å²) >= 11 is 0.792. The summed E-state index contributed by atoms with van der Waals surface area (Å²) in [6.45, 7) is 8.46. The number of nitriles is 1. The lowest BCUT2D eigenvalue weighted by Gasteiger charge is -2.35. The third-order valence-corrected chi connectivity index (χ3v) is 14.5. The molecule has 6 aromatic rings. The number of hydrogen-bond acceptors (Lipinski definition) is 13. The Morgan fingerprint density at radius 2 is 1.81 bits per heavy atom. The van der Waals surface area contributed by atoms with E-state index in [2.05, 4.69) is 22.6 Å². The van der Waals surface area contributed by atoms with Crippen LogP contribution in [-0.2, 0) is 22.3 Å². The maximum atomic E-state index is 15.9. The maximum absolute atomic E-state index is 15.9. The van der Waals surface area contributed by atoms with Crippen molar-refractivity contribution in [3.63, 3.8) is 0 Å². The second-order valence-electron chi connectivity index (χ2n) is 18.4. The number of nitrogen functional groups attached to an aromatic ring is 1. The Labute approximate surface area is 388 Å². The number of alkyl halides is 3. The van der Waals surface area contributed by atoms with Crippen LogP contribution in [-0.4, -0.2) is 92.8 Å². The average Bonchev–Trinajstić information content (AvgIpc) is 4.12. The average molecular weight is 939 g/mol. The predicted molar refractivity (Wildman–Crippen MR) is 245 cm³/mol. The van der Waals surface area contributed by atoms with Crippen molar-refractivity contribution in [3.05, 3.63) is 71.2 Å². The molecule has 4 atom stereocenters. The Balaban J connectivity index is 1.09. The van der Waals surface area contributed by atoms with Gasteiger partial charge in [0.15, 0.2) is 5.75 Å². The maximum Gasteiger partial charge on any atom is 0.417 e. The molecule has 10 rings (SSSR count). The number of nitrogens with one attached hydrogen (secondary N) is 1. The number of benzene rings is 3. The smallest absolute Gasteiger partial charge is 0.417 e. The first-order chi connectivity index (χ1) is 32.2. The van der Waals surface area contributed by atoms with Crippen LogP contribution < -0.4 is 25.4 Å².